The van der Waals surface area contributed by atoms with Gasteiger partial charge in [-0.2, -0.15) is 0 Å². The van der Waals surface area contributed by atoms with Crippen LogP contribution < -0.4 is 15.0 Å². The highest BCUT2D eigenvalue weighted by atomic mass is 16.5. The Morgan fingerprint density at radius 1 is 0.763 bits per heavy atom. The van der Waals surface area contributed by atoms with Gasteiger partial charge in [-0.1, -0.05) is 54.6 Å². The number of nitrogens with zero attached hydrogens (tertiary/aromatic N) is 2. The summed E-state index contributed by atoms with van der Waals surface area (Å²) in [5.74, 6) is 0.970. The average molecular weight is 498 g/mol. The molecule has 1 N–H and O–H groups in total. The van der Waals surface area contributed by atoms with Gasteiger partial charge >= 0.3 is 0 Å². The fraction of sp³-hybridized carbons (Fsp3) is 0.0312. The second kappa shape index (κ2) is 10.0. The Morgan fingerprint density at radius 2 is 1.50 bits per heavy atom. The molecule has 0 radical (unpaired) electrons. The van der Waals surface area contributed by atoms with E-state index in [1.807, 2.05) is 78.9 Å². The number of para-hydroxylation sites is 3. The zero-order valence-corrected chi connectivity index (χ0v) is 20.4. The molecule has 2 amide bonds. The normalized spacial score (nSPS) is 11.9. The minimum absolute atomic E-state index is 0.155. The first kappa shape index (κ1) is 23.2. The van der Waals surface area contributed by atoms with Crippen LogP contribution in [0.3, 0.4) is 0 Å². The van der Waals surface area contributed by atoms with Crippen molar-refractivity contribution < 1.29 is 14.3 Å². The fourth-order valence-corrected chi connectivity index (χ4v) is 4.56. The third kappa shape index (κ3) is 4.51. The van der Waals surface area contributed by atoms with E-state index in [1.165, 1.54) is 0 Å². The third-order valence-electron chi connectivity index (χ3n) is 6.46. The maximum absolute atomic E-state index is 13.7. The number of benzene rings is 4. The molecule has 5 aromatic rings. The first-order valence-electron chi connectivity index (χ1n) is 12.2. The average Bonchev–Trinajstić information content (AvgIpc) is 3.14. The standard InChI is InChI=1S/C32H23N3O3/c36-31(27-11-3-2-10-26(27)23-9-7-19-33-20-23)34-25-17-15-22(16-18-25)32(37)35-21-24-8-1-5-13-29(24)38-30-14-6-4-12-28(30)35/h1-20H,21H2,(H,34,36). The van der Waals surface area contributed by atoms with E-state index in [0.29, 0.717) is 34.8 Å². The minimum Gasteiger partial charge on any atom is -0.455 e. The summed E-state index contributed by atoms with van der Waals surface area (Å²) in [6, 6.07) is 33.3. The summed E-state index contributed by atoms with van der Waals surface area (Å²) < 4.78 is 6.12. The first-order valence-corrected chi connectivity index (χ1v) is 12.2. The van der Waals surface area contributed by atoms with Gasteiger partial charge in [0.25, 0.3) is 11.8 Å². The number of fused-ring (bicyclic) bond motifs is 2. The number of aromatic nitrogens is 1. The van der Waals surface area contributed by atoms with Gasteiger partial charge in [-0.3, -0.25) is 14.6 Å². The number of carbonyl (C=O) groups is 2. The summed E-state index contributed by atoms with van der Waals surface area (Å²) in [6.45, 7) is 0.385. The summed E-state index contributed by atoms with van der Waals surface area (Å²) in [4.78, 5) is 32.7. The van der Waals surface area contributed by atoms with Crippen molar-refractivity contribution in [3.8, 4) is 22.6 Å². The van der Waals surface area contributed by atoms with Gasteiger partial charge in [0.2, 0.25) is 0 Å². The number of hydrogen-bond acceptors (Lipinski definition) is 4. The molecule has 0 unspecified atom stereocenters. The number of nitrogens with one attached hydrogen (secondary N) is 1. The van der Waals surface area contributed by atoms with Crippen molar-refractivity contribution in [3.63, 3.8) is 0 Å². The van der Waals surface area contributed by atoms with E-state index in [0.717, 1.165) is 22.4 Å². The quantitative estimate of drug-likeness (QED) is 0.292. The van der Waals surface area contributed by atoms with Crippen LogP contribution in [0.25, 0.3) is 11.1 Å². The van der Waals surface area contributed by atoms with E-state index in [1.54, 1.807) is 47.6 Å². The van der Waals surface area contributed by atoms with Crippen LogP contribution in [-0.2, 0) is 6.54 Å². The van der Waals surface area contributed by atoms with E-state index in [-0.39, 0.29) is 11.8 Å². The summed E-state index contributed by atoms with van der Waals surface area (Å²) >= 11 is 0. The molecule has 0 atom stereocenters. The number of carbonyl (C=O) groups excluding carboxylic acids is 2. The number of pyridine rings is 1. The predicted molar refractivity (Wildman–Crippen MR) is 148 cm³/mol. The van der Waals surface area contributed by atoms with E-state index >= 15 is 0 Å². The van der Waals surface area contributed by atoms with Crippen molar-refractivity contribution in [2.75, 3.05) is 10.2 Å². The van der Waals surface area contributed by atoms with Gasteiger partial charge in [-0.25, -0.2) is 0 Å². The molecule has 6 heteroatoms. The van der Waals surface area contributed by atoms with E-state index in [2.05, 4.69) is 10.3 Å². The second-order valence-corrected chi connectivity index (χ2v) is 8.89. The maximum Gasteiger partial charge on any atom is 0.258 e. The lowest BCUT2D eigenvalue weighted by molar-refractivity contribution is 0.0984. The molecule has 38 heavy (non-hydrogen) atoms. The molecule has 6 rings (SSSR count). The molecule has 2 heterocycles. The highest BCUT2D eigenvalue weighted by Crippen LogP contribution is 2.39. The van der Waals surface area contributed by atoms with Crippen LogP contribution in [-0.4, -0.2) is 16.8 Å². The third-order valence-corrected chi connectivity index (χ3v) is 6.46. The van der Waals surface area contributed by atoms with Crippen molar-refractivity contribution in [2.45, 2.75) is 6.54 Å². The molecule has 0 saturated heterocycles. The molecule has 0 fully saturated rings. The predicted octanol–water partition coefficient (Wildman–Crippen LogP) is 6.95. The van der Waals surface area contributed by atoms with Gasteiger partial charge in [-0.15, -0.1) is 0 Å². The zero-order chi connectivity index (χ0) is 25.9. The Balaban J connectivity index is 1.24. The molecule has 0 bridgehead atoms. The highest BCUT2D eigenvalue weighted by Gasteiger charge is 2.26. The number of rotatable bonds is 4. The van der Waals surface area contributed by atoms with Crippen LogP contribution in [0, 0.1) is 0 Å². The number of ether oxygens (including phenoxy) is 1. The van der Waals surface area contributed by atoms with Crippen molar-refractivity contribution in [2.24, 2.45) is 0 Å². The Bertz CT molecular complexity index is 1630. The van der Waals surface area contributed by atoms with Crippen molar-refractivity contribution in [1.29, 1.82) is 0 Å². The number of hydrogen-bond donors (Lipinski definition) is 1. The lowest BCUT2D eigenvalue weighted by atomic mass is 10.0. The van der Waals surface area contributed by atoms with Crippen LogP contribution in [0.2, 0.25) is 0 Å². The molecule has 0 saturated carbocycles. The Hall–Kier alpha value is -5.23. The molecular formula is C32H23N3O3. The summed E-state index contributed by atoms with van der Waals surface area (Å²) in [5.41, 5.74) is 4.94. The SMILES string of the molecule is O=C(Nc1ccc(C(=O)N2Cc3ccccc3Oc3ccccc32)cc1)c1ccccc1-c1cccnc1. The van der Waals surface area contributed by atoms with Gasteiger partial charge in [-0.05, 0) is 60.2 Å². The fourth-order valence-electron chi connectivity index (χ4n) is 4.56. The van der Waals surface area contributed by atoms with E-state index in [9.17, 15) is 9.59 Å². The maximum atomic E-state index is 13.7. The zero-order valence-electron chi connectivity index (χ0n) is 20.4. The lowest BCUT2D eigenvalue weighted by Gasteiger charge is -2.22. The molecular weight excluding hydrogens is 474 g/mol. The molecule has 1 aliphatic heterocycles. The van der Waals surface area contributed by atoms with Crippen LogP contribution in [0.1, 0.15) is 26.3 Å². The molecule has 4 aromatic carbocycles. The van der Waals surface area contributed by atoms with Gasteiger partial charge in [0, 0.05) is 40.3 Å². The van der Waals surface area contributed by atoms with Gasteiger partial charge < -0.3 is 15.0 Å². The number of anilines is 2. The molecule has 184 valence electrons. The van der Waals surface area contributed by atoms with E-state index in [4.69, 9.17) is 4.74 Å². The molecule has 0 aliphatic carbocycles. The van der Waals surface area contributed by atoms with Crippen LogP contribution in [0.5, 0.6) is 11.5 Å². The van der Waals surface area contributed by atoms with Crippen molar-refractivity contribution in [1.82, 2.24) is 4.98 Å². The van der Waals surface area contributed by atoms with Gasteiger partial charge in [0.05, 0.1) is 12.2 Å². The summed E-state index contributed by atoms with van der Waals surface area (Å²) in [6.07, 6.45) is 3.43. The summed E-state index contributed by atoms with van der Waals surface area (Å²) in [7, 11) is 0. The molecule has 0 spiro atoms. The van der Waals surface area contributed by atoms with Gasteiger partial charge in [0.15, 0.2) is 5.75 Å². The monoisotopic (exact) mass is 497 g/mol. The molecule has 6 nitrogen and oxygen atoms in total. The minimum atomic E-state index is -0.237. The smallest absolute Gasteiger partial charge is 0.258 e. The first-order chi connectivity index (χ1) is 18.7. The molecule has 1 aromatic heterocycles. The topological polar surface area (TPSA) is 71.5 Å². The highest BCUT2D eigenvalue weighted by molar-refractivity contribution is 6.10. The Labute approximate surface area is 220 Å². The van der Waals surface area contributed by atoms with Crippen LogP contribution in [0.4, 0.5) is 11.4 Å². The Morgan fingerprint density at radius 3 is 2.32 bits per heavy atom. The second-order valence-electron chi connectivity index (χ2n) is 8.89. The molecule has 1 aliphatic rings. The summed E-state index contributed by atoms with van der Waals surface area (Å²) in [5, 5.41) is 2.95. The van der Waals surface area contributed by atoms with Crippen molar-refractivity contribution in [3.05, 3.63) is 138 Å². The largest absolute Gasteiger partial charge is 0.455 e. The van der Waals surface area contributed by atoms with Crippen molar-refractivity contribution >= 4 is 23.2 Å². The van der Waals surface area contributed by atoms with E-state index < -0.39 is 0 Å². The van der Waals surface area contributed by atoms with Gasteiger partial charge in [0.1, 0.15) is 5.75 Å². The Kier molecular flexibility index (Phi) is 6.12. The number of amides is 2. The van der Waals surface area contributed by atoms with Crippen LogP contribution in [0.15, 0.2) is 122 Å². The lowest BCUT2D eigenvalue weighted by Crippen LogP contribution is -2.29. The van der Waals surface area contributed by atoms with Crippen LogP contribution >= 0.6 is 0 Å².